The number of anilines is 1. The van der Waals surface area contributed by atoms with Gasteiger partial charge in [-0.1, -0.05) is 37.3 Å². The van der Waals surface area contributed by atoms with Crippen molar-refractivity contribution in [3.8, 4) is 5.75 Å². The van der Waals surface area contributed by atoms with Gasteiger partial charge in [-0.25, -0.2) is 0 Å². The fourth-order valence-corrected chi connectivity index (χ4v) is 3.28. The van der Waals surface area contributed by atoms with E-state index in [1.165, 1.54) is 11.3 Å². The van der Waals surface area contributed by atoms with Crippen molar-refractivity contribution in [1.29, 1.82) is 0 Å². The molecule has 1 heterocycles. The molecule has 2 aromatic carbocycles. The molecule has 0 atom stereocenters. The van der Waals surface area contributed by atoms with Crippen molar-refractivity contribution in [1.82, 2.24) is 10.2 Å². The number of nitrogens with one attached hydrogen (secondary N) is 1. The minimum atomic E-state index is -0.0696. The third kappa shape index (κ3) is 6.00. The van der Waals surface area contributed by atoms with E-state index in [2.05, 4.69) is 52.4 Å². The molecule has 3 rings (SSSR count). The summed E-state index contributed by atoms with van der Waals surface area (Å²) in [6.45, 7) is 7.78. The molecule has 2 aromatic rings. The normalized spacial score (nSPS) is 14.8. The Morgan fingerprint density at radius 1 is 1.04 bits per heavy atom. The lowest BCUT2D eigenvalue weighted by Crippen LogP contribution is -2.48. The molecule has 1 fully saturated rings. The van der Waals surface area contributed by atoms with Crippen molar-refractivity contribution in [3.63, 3.8) is 0 Å². The van der Waals surface area contributed by atoms with Crippen molar-refractivity contribution in [3.05, 3.63) is 60.2 Å². The Kier molecular flexibility index (Phi) is 7.11. The third-order valence-electron chi connectivity index (χ3n) is 4.92. The Hall–Kier alpha value is -2.53. The number of ether oxygens (including phenoxy) is 1. The van der Waals surface area contributed by atoms with Gasteiger partial charge in [0.15, 0.2) is 6.61 Å². The highest BCUT2D eigenvalue weighted by Gasteiger charge is 2.16. The van der Waals surface area contributed by atoms with Gasteiger partial charge in [-0.15, -0.1) is 0 Å². The first-order valence-corrected chi connectivity index (χ1v) is 9.75. The van der Waals surface area contributed by atoms with Crippen LogP contribution in [0.5, 0.6) is 5.75 Å². The molecule has 0 saturated carbocycles. The molecule has 1 amide bonds. The number of hydrogen-bond donors (Lipinski definition) is 1. The van der Waals surface area contributed by atoms with Crippen LogP contribution in [0.4, 0.5) is 5.69 Å². The zero-order valence-corrected chi connectivity index (χ0v) is 16.1. The maximum absolute atomic E-state index is 12.0. The SMILES string of the molecule is CCc1cccc(OCC(=O)NCCN2CCN(c3ccccc3)CC2)c1. The average molecular weight is 367 g/mol. The predicted molar refractivity (Wildman–Crippen MR) is 109 cm³/mol. The minimum absolute atomic E-state index is 0.0644. The monoisotopic (exact) mass is 367 g/mol. The van der Waals surface area contributed by atoms with E-state index in [0.717, 1.165) is 44.9 Å². The lowest BCUT2D eigenvalue weighted by Gasteiger charge is -2.36. The van der Waals surface area contributed by atoms with Crippen molar-refractivity contribution >= 4 is 11.6 Å². The van der Waals surface area contributed by atoms with Crippen molar-refractivity contribution < 1.29 is 9.53 Å². The highest BCUT2D eigenvalue weighted by atomic mass is 16.5. The molecule has 144 valence electrons. The van der Waals surface area contributed by atoms with Gasteiger partial charge in [0.2, 0.25) is 0 Å². The first-order chi connectivity index (χ1) is 13.2. The molecule has 0 spiro atoms. The predicted octanol–water partition coefficient (Wildman–Crippen LogP) is 2.57. The Bertz CT molecular complexity index is 713. The Morgan fingerprint density at radius 2 is 1.81 bits per heavy atom. The topological polar surface area (TPSA) is 44.8 Å². The van der Waals surface area contributed by atoms with E-state index in [9.17, 15) is 4.79 Å². The number of para-hydroxylation sites is 1. The van der Waals surface area contributed by atoms with Crippen molar-refractivity contribution in [2.24, 2.45) is 0 Å². The second-order valence-corrected chi connectivity index (χ2v) is 6.80. The Labute approximate surface area is 161 Å². The molecule has 0 aromatic heterocycles. The van der Waals surface area contributed by atoms with Gasteiger partial charge in [-0.3, -0.25) is 9.69 Å². The summed E-state index contributed by atoms with van der Waals surface area (Å²) in [5.41, 5.74) is 2.50. The lowest BCUT2D eigenvalue weighted by atomic mass is 10.2. The number of benzene rings is 2. The van der Waals surface area contributed by atoms with E-state index >= 15 is 0 Å². The molecule has 1 aliphatic heterocycles. The van der Waals surface area contributed by atoms with Crippen molar-refractivity contribution in [2.75, 3.05) is 50.8 Å². The summed E-state index contributed by atoms with van der Waals surface area (Å²) in [6, 6.07) is 18.4. The van der Waals surface area contributed by atoms with Gasteiger partial charge in [-0.05, 0) is 36.2 Å². The standard InChI is InChI=1S/C22H29N3O2/c1-2-19-7-6-10-21(17-19)27-18-22(26)23-11-12-24-13-15-25(16-14-24)20-8-4-3-5-9-20/h3-10,17H,2,11-16,18H2,1H3,(H,23,26). The quantitative estimate of drug-likeness (QED) is 0.779. The third-order valence-corrected chi connectivity index (χ3v) is 4.92. The largest absolute Gasteiger partial charge is 0.484 e. The first kappa shape index (κ1) is 19.2. The number of carbonyl (C=O) groups excluding carboxylic acids is 1. The summed E-state index contributed by atoms with van der Waals surface area (Å²) >= 11 is 0. The summed E-state index contributed by atoms with van der Waals surface area (Å²) < 4.78 is 5.58. The maximum atomic E-state index is 12.0. The van der Waals surface area contributed by atoms with Crippen LogP contribution in [0, 0.1) is 0 Å². The van der Waals surface area contributed by atoms with E-state index in [0.29, 0.717) is 6.54 Å². The summed E-state index contributed by atoms with van der Waals surface area (Å²) in [5, 5.41) is 2.95. The van der Waals surface area contributed by atoms with Gasteiger partial charge in [0.1, 0.15) is 5.75 Å². The van der Waals surface area contributed by atoms with Gasteiger partial charge < -0.3 is 15.0 Å². The van der Waals surface area contributed by atoms with E-state index in [1.807, 2.05) is 24.3 Å². The van der Waals surface area contributed by atoms with Gasteiger partial charge in [-0.2, -0.15) is 0 Å². The Balaban J connectivity index is 1.31. The minimum Gasteiger partial charge on any atom is -0.484 e. The maximum Gasteiger partial charge on any atom is 0.257 e. The zero-order chi connectivity index (χ0) is 18.9. The molecule has 0 radical (unpaired) electrons. The molecule has 5 heteroatoms. The van der Waals surface area contributed by atoms with E-state index in [1.54, 1.807) is 0 Å². The molecular weight excluding hydrogens is 338 g/mol. The highest BCUT2D eigenvalue weighted by Crippen LogP contribution is 2.15. The molecular formula is C22H29N3O2. The van der Waals surface area contributed by atoms with Crippen LogP contribution < -0.4 is 15.0 Å². The molecule has 0 bridgehead atoms. The number of rotatable bonds is 8. The lowest BCUT2D eigenvalue weighted by molar-refractivity contribution is -0.123. The molecule has 0 aliphatic carbocycles. The van der Waals surface area contributed by atoms with Gasteiger partial charge in [0, 0.05) is 45.0 Å². The second kappa shape index (κ2) is 9.97. The average Bonchev–Trinajstić information content (AvgIpc) is 2.73. The number of piperazine rings is 1. The molecule has 27 heavy (non-hydrogen) atoms. The number of aryl methyl sites for hydroxylation is 1. The van der Waals surface area contributed by atoms with Gasteiger partial charge in [0.05, 0.1) is 0 Å². The van der Waals surface area contributed by atoms with Gasteiger partial charge >= 0.3 is 0 Å². The van der Waals surface area contributed by atoms with Gasteiger partial charge in [0.25, 0.3) is 5.91 Å². The molecule has 5 nitrogen and oxygen atoms in total. The summed E-state index contributed by atoms with van der Waals surface area (Å²) in [5.74, 6) is 0.682. The number of hydrogen-bond acceptors (Lipinski definition) is 4. The fraction of sp³-hybridized carbons (Fsp3) is 0.409. The van der Waals surface area contributed by atoms with Crippen LogP contribution in [0.15, 0.2) is 54.6 Å². The Morgan fingerprint density at radius 3 is 2.56 bits per heavy atom. The highest BCUT2D eigenvalue weighted by molar-refractivity contribution is 5.77. The number of nitrogens with zero attached hydrogens (tertiary/aromatic N) is 2. The van der Waals surface area contributed by atoms with Crippen LogP contribution >= 0.6 is 0 Å². The van der Waals surface area contributed by atoms with Crippen LogP contribution in [0.1, 0.15) is 12.5 Å². The smallest absolute Gasteiger partial charge is 0.257 e. The fourth-order valence-electron chi connectivity index (χ4n) is 3.28. The van der Waals surface area contributed by atoms with Crippen LogP contribution in [-0.4, -0.2) is 56.7 Å². The number of carbonyl (C=O) groups is 1. The molecule has 0 unspecified atom stereocenters. The van der Waals surface area contributed by atoms with E-state index in [-0.39, 0.29) is 12.5 Å². The van der Waals surface area contributed by atoms with Crippen LogP contribution in [0.3, 0.4) is 0 Å². The zero-order valence-electron chi connectivity index (χ0n) is 16.1. The first-order valence-electron chi connectivity index (χ1n) is 9.75. The molecule has 1 saturated heterocycles. The van der Waals surface area contributed by atoms with E-state index < -0.39 is 0 Å². The summed E-state index contributed by atoms with van der Waals surface area (Å²) in [7, 11) is 0. The molecule has 1 N–H and O–H groups in total. The summed E-state index contributed by atoms with van der Waals surface area (Å²) in [4.78, 5) is 16.8. The van der Waals surface area contributed by atoms with E-state index in [4.69, 9.17) is 4.74 Å². The number of amides is 1. The molecule has 1 aliphatic rings. The summed E-state index contributed by atoms with van der Waals surface area (Å²) in [6.07, 6.45) is 0.959. The van der Waals surface area contributed by atoms with Crippen molar-refractivity contribution in [2.45, 2.75) is 13.3 Å². The second-order valence-electron chi connectivity index (χ2n) is 6.80. The van der Waals surface area contributed by atoms with Crippen LogP contribution in [0.25, 0.3) is 0 Å². The van der Waals surface area contributed by atoms with Crippen LogP contribution in [-0.2, 0) is 11.2 Å². The van der Waals surface area contributed by atoms with Crippen LogP contribution in [0.2, 0.25) is 0 Å².